The van der Waals surface area contributed by atoms with Crippen molar-refractivity contribution in [2.24, 2.45) is 0 Å². The minimum absolute atomic E-state index is 0.00746. The molecule has 0 fully saturated rings. The Morgan fingerprint density at radius 1 is 1.06 bits per heavy atom. The molecule has 0 aliphatic rings. The van der Waals surface area contributed by atoms with Crippen molar-refractivity contribution >= 4 is 28.3 Å². The number of nitrogens with one attached hydrogen (secondary N) is 2. The summed E-state index contributed by atoms with van der Waals surface area (Å²) in [5.74, 6) is -2.98. The summed E-state index contributed by atoms with van der Waals surface area (Å²) in [4.78, 5) is 32.6. The van der Waals surface area contributed by atoms with Crippen LogP contribution in [0.25, 0.3) is 0 Å². The van der Waals surface area contributed by atoms with Crippen molar-refractivity contribution in [2.45, 2.75) is 31.5 Å². The van der Waals surface area contributed by atoms with E-state index in [0.29, 0.717) is 11.6 Å². The summed E-state index contributed by atoms with van der Waals surface area (Å²) in [6.07, 6.45) is 1.75. The Bertz CT molecular complexity index is 1120. The van der Waals surface area contributed by atoms with Crippen LogP contribution in [0.3, 0.4) is 0 Å². The third-order valence-electron chi connectivity index (χ3n) is 5.29. The molecule has 2 amide bonds. The van der Waals surface area contributed by atoms with Crippen LogP contribution in [0.15, 0.2) is 54.7 Å². The van der Waals surface area contributed by atoms with Crippen LogP contribution in [0, 0.1) is 11.6 Å². The van der Waals surface area contributed by atoms with E-state index >= 15 is 0 Å². The van der Waals surface area contributed by atoms with Crippen LogP contribution < -0.4 is 16.4 Å². The Hall–Kier alpha value is -3.37. The highest BCUT2D eigenvalue weighted by Gasteiger charge is 2.28. The van der Waals surface area contributed by atoms with Crippen molar-refractivity contribution in [1.29, 1.82) is 0 Å². The van der Waals surface area contributed by atoms with Gasteiger partial charge in [-0.05, 0) is 37.7 Å². The molecule has 0 radical (unpaired) electrons. The van der Waals surface area contributed by atoms with Crippen LogP contribution in [0.5, 0.6) is 0 Å². The molecule has 2 atom stereocenters. The SMILES string of the molecule is CN(C)C(Cc1ccccc1)C(=O)N[C@@H](Cc1cccc(F)c1F)C(=O)NCc1cnc(N)s1. The second kappa shape index (κ2) is 11.7. The largest absolute Gasteiger partial charge is 0.375 e. The molecule has 34 heavy (non-hydrogen) atoms. The standard InChI is InChI=1S/C24H27F2N5O2S/c1-31(2)20(11-15-7-4-3-5-8-15)23(33)30-19(12-16-9-6-10-18(25)21(16)26)22(32)28-13-17-14-29-24(27)34-17/h3-10,14,19-20H,11-13H2,1-2H3,(H2,27,29)(H,28,32)(H,30,33)/t19-,20?/m0/s1. The molecule has 0 bridgehead atoms. The van der Waals surface area contributed by atoms with Crippen LogP contribution in [0.4, 0.5) is 13.9 Å². The smallest absolute Gasteiger partial charge is 0.243 e. The van der Waals surface area contributed by atoms with E-state index in [1.165, 1.54) is 23.5 Å². The average Bonchev–Trinajstić information content (AvgIpc) is 3.23. The zero-order chi connectivity index (χ0) is 24.7. The van der Waals surface area contributed by atoms with Gasteiger partial charge in [-0.3, -0.25) is 14.5 Å². The van der Waals surface area contributed by atoms with Gasteiger partial charge in [-0.15, -0.1) is 11.3 Å². The first-order valence-electron chi connectivity index (χ1n) is 10.7. The molecule has 0 saturated heterocycles. The topological polar surface area (TPSA) is 100 Å². The minimum Gasteiger partial charge on any atom is -0.375 e. The molecule has 3 aromatic rings. The summed E-state index contributed by atoms with van der Waals surface area (Å²) in [5.41, 5.74) is 6.57. The van der Waals surface area contributed by atoms with Gasteiger partial charge in [-0.2, -0.15) is 0 Å². The first-order valence-corrected chi connectivity index (χ1v) is 11.5. The average molecular weight is 488 g/mol. The summed E-state index contributed by atoms with van der Waals surface area (Å²) in [6.45, 7) is 0.146. The fourth-order valence-corrected chi connectivity index (χ4v) is 4.08. The number of carbonyl (C=O) groups excluding carboxylic acids is 2. The number of hydrogen-bond donors (Lipinski definition) is 3. The van der Waals surface area contributed by atoms with Gasteiger partial charge in [-0.25, -0.2) is 13.8 Å². The number of halogens is 2. The molecule has 7 nitrogen and oxygen atoms in total. The van der Waals surface area contributed by atoms with Crippen molar-refractivity contribution in [2.75, 3.05) is 19.8 Å². The van der Waals surface area contributed by atoms with Crippen molar-refractivity contribution in [3.05, 3.63) is 82.4 Å². The van der Waals surface area contributed by atoms with Gasteiger partial charge in [0.05, 0.1) is 12.6 Å². The summed E-state index contributed by atoms with van der Waals surface area (Å²) in [5, 5.41) is 5.82. The molecule has 4 N–H and O–H groups in total. The second-order valence-electron chi connectivity index (χ2n) is 8.03. The highest BCUT2D eigenvalue weighted by atomic mass is 32.1. The van der Waals surface area contributed by atoms with E-state index in [2.05, 4.69) is 15.6 Å². The van der Waals surface area contributed by atoms with E-state index < -0.39 is 35.5 Å². The molecule has 0 spiro atoms. The van der Waals surface area contributed by atoms with Gasteiger partial charge < -0.3 is 16.4 Å². The number of nitrogen functional groups attached to an aromatic ring is 1. The number of nitrogens with two attached hydrogens (primary N) is 1. The fourth-order valence-electron chi connectivity index (χ4n) is 3.45. The van der Waals surface area contributed by atoms with Crippen molar-refractivity contribution in [3.63, 3.8) is 0 Å². The van der Waals surface area contributed by atoms with Crippen molar-refractivity contribution in [3.8, 4) is 0 Å². The van der Waals surface area contributed by atoms with Crippen LogP contribution >= 0.6 is 11.3 Å². The third kappa shape index (κ3) is 6.82. The number of anilines is 1. The van der Waals surface area contributed by atoms with Gasteiger partial charge in [0.15, 0.2) is 16.8 Å². The summed E-state index contributed by atoms with van der Waals surface area (Å²) in [7, 11) is 3.53. The zero-order valence-corrected chi connectivity index (χ0v) is 19.7. The first kappa shape index (κ1) is 25.3. The van der Waals surface area contributed by atoms with E-state index in [1.807, 2.05) is 30.3 Å². The lowest BCUT2D eigenvalue weighted by atomic mass is 10.0. The van der Waals surface area contributed by atoms with Crippen molar-refractivity contribution < 1.29 is 18.4 Å². The predicted octanol–water partition coefficient (Wildman–Crippen LogP) is 2.52. The second-order valence-corrected chi connectivity index (χ2v) is 9.18. The van der Waals surface area contributed by atoms with Gasteiger partial charge in [-0.1, -0.05) is 42.5 Å². The van der Waals surface area contributed by atoms with Crippen LogP contribution in [-0.4, -0.2) is 47.9 Å². The number of aromatic nitrogens is 1. The molecule has 1 unspecified atom stereocenters. The molecule has 1 heterocycles. The van der Waals surface area contributed by atoms with Gasteiger partial charge in [0, 0.05) is 17.5 Å². The monoisotopic (exact) mass is 487 g/mol. The lowest BCUT2D eigenvalue weighted by Crippen LogP contribution is -2.53. The number of likely N-dealkylation sites (N-methyl/N-ethyl adjacent to an activating group) is 1. The van der Waals surface area contributed by atoms with E-state index in [9.17, 15) is 18.4 Å². The maximum atomic E-state index is 14.3. The fraction of sp³-hybridized carbons (Fsp3) is 0.292. The lowest BCUT2D eigenvalue weighted by molar-refractivity contribution is -0.131. The van der Waals surface area contributed by atoms with E-state index in [1.54, 1.807) is 25.2 Å². The maximum Gasteiger partial charge on any atom is 0.243 e. The molecule has 0 aliphatic heterocycles. The number of nitrogens with zero attached hydrogens (tertiary/aromatic N) is 2. The van der Waals surface area contributed by atoms with Gasteiger partial charge in [0.25, 0.3) is 0 Å². The highest BCUT2D eigenvalue weighted by molar-refractivity contribution is 7.15. The molecule has 2 aromatic carbocycles. The summed E-state index contributed by atoms with van der Waals surface area (Å²) >= 11 is 1.22. The number of thiazole rings is 1. The van der Waals surface area contributed by atoms with Crippen LogP contribution in [0.2, 0.25) is 0 Å². The Morgan fingerprint density at radius 2 is 1.79 bits per heavy atom. The molecule has 0 aliphatic carbocycles. The normalized spacial score (nSPS) is 12.9. The van der Waals surface area contributed by atoms with E-state index in [4.69, 9.17) is 5.73 Å². The number of rotatable bonds is 10. The van der Waals surface area contributed by atoms with E-state index in [-0.39, 0.29) is 18.5 Å². The Balaban J connectivity index is 1.78. The number of carbonyl (C=O) groups is 2. The first-order chi connectivity index (χ1) is 16.2. The summed E-state index contributed by atoms with van der Waals surface area (Å²) < 4.78 is 28.1. The predicted molar refractivity (Wildman–Crippen MR) is 128 cm³/mol. The zero-order valence-electron chi connectivity index (χ0n) is 18.9. The Morgan fingerprint density at radius 3 is 2.44 bits per heavy atom. The molecule has 10 heteroatoms. The molecule has 1 aromatic heterocycles. The quantitative estimate of drug-likeness (QED) is 0.408. The Kier molecular flexibility index (Phi) is 8.67. The van der Waals surface area contributed by atoms with Crippen LogP contribution in [-0.2, 0) is 29.0 Å². The maximum absolute atomic E-state index is 14.3. The lowest BCUT2D eigenvalue weighted by Gasteiger charge is -2.26. The summed E-state index contributed by atoms with van der Waals surface area (Å²) in [6, 6.07) is 11.5. The third-order valence-corrected chi connectivity index (χ3v) is 6.12. The van der Waals surface area contributed by atoms with Crippen LogP contribution in [0.1, 0.15) is 16.0 Å². The molecule has 180 valence electrons. The molecule has 3 rings (SSSR count). The van der Waals surface area contributed by atoms with Gasteiger partial charge in [0.1, 0.15) is 6.04 Å². The highest BCUT2D eigenvalue weighted by Crippen LogP contribution is 2.16. The van der Waals surface area contributed by atoms with Crippen molar-refractivity contribution in [1.82, 2.24) is 20.5 Å². The van der Waals surface area contributed by atoms with Gasteiger partial charge >= 0.3 is 0 Å². The number of hydrogen-bond acceptors (Lipinski definition) is 6. The molecular weight excluding hydrogens is 460 g/mol. The molecule has 0 saturated carbocycles. The van der Waals surface area contributed by atoms with E-state index in [0.717, 1.165) is 16.5 Å². The minimum atomic E-state index is -1.12. The van der Waals surface area contributed by atoms with Gasteiger partial charge in [0.2, 0.25) is 11.8 Å². The Labute approximate surface area is 201 Å². The number of amides is 2. The molecular formula is C24H27F2N5O2S. The number of benzene rings is 2.